The summed E-state index contributed by atoms with van der Waals surface area (Å²) in [6.07, 6.45) is 13.8. The Morgan fingerprint density at radius 3 is 1.94 bits per heavy atom. The fraction of sp³-hybridized carbons (Fsp3) is 0.704. The highest BCUT2D eigenvalue weighted by Crippen LogP contribution is 2.22. The number of carboxylic acid groups (broad SMARTS) is 1. The molecule has 34 heavy (non-hydrogen) atoms. The maximum atomic E-state index is 11.6. The number of carbonyl (C=O) groups excluding carboxylic acids is 1. The van der Waals surface area contributed by atoms with Crippen LogP contribution in [0, 0.1) is 0 Å². The van der Waals surface area contributed by atoms with Crippen molar-refractivity contribution < 1.29 is 24.2 Å². The number of carboxylic acids is 1. The van der Waals surface area contributed by atoms with Crippen LogP contribution in [-0.4, -0.2) is 47.5 Å². The molecule has 2 saturated carbocycles. The topological polar surface area (TPSA) is 96.9 Å². The summed E-state index contributed by atoms with van der Waals surface area (Å²) < 4.78 is 10.3. The molecule has 3 N–H and O–H groups in total. The standard InChI is InChI=1S/C15H21NO5.C12H23N/c1-15(2,3)21-10-12(13(17)18)16-14(19)20-9-11-7-5-4-6-8-11;1-3-7-11(8-4-1)13-12-9-5-2-6-10-12/h4-8,12H,9-10H2,1-3H3,(H,16,19)(H,17,18);11-13H,1-10H2/t12-;/m0./s1. The SMILES string of the molecule is C1CCC(NC2CCCCC2)CC1.CC(C)(C)OC[C@H](NC(=O)OCc1ccccc1)C(=O)O. The van der Waals surface area contributed by atoms with E-state index in [4.69, 9.17) is 14.6 Å². The van der Waals surface area contributed by atoms with Crippen LogP contribution in [0.4, 0.5) is 4.79 Å². The first-order chi connectivity index (χ1) is 16.2. The predicted octanol–water partition coefficient (Wildman–Crippen LogP) is 5.42. The van der Waals surface area contributed by atoms with E-state index in [1.54, 1.807) is 20.8 Å². The van der Waals surface area contributed by atoms with Gasteiger partial charge in [-0.3, -0.25) is 0 Å². The monoisotopic (exact) mass is 476 g/mol. The first-order valence-electron chi connectivity index (χ1n) is 12.8. The first kappa shape index (κ1) is 28.1. The smallest absolute Gasteiger partial charge is 0.408 e. The molecule has 0 saturated heterocycles. The van der Waals surface area contributed by atoms with Crippen molar-refractivity contribution >= 4 is 12.1 Å². The van der Waals surface area contributed by atoms with Gasteiger partial charge in [-0.1, -0.05) is 68.9 Å². The van der Waals surface area contributed by atoms with Crippen molar-refractivity contribution in [2.24, 2.45) is 0 Å². The molecule has 1 atom stereocenters. The number of hydrogen-bond acceptors (Lipinski definition) is 5. The summed E-state index contributed by atoms with van der Waals surface area (Å²) in [6.45, 7) is 5.37. The second-order valence-corrected chi connectivity index (χ2v) is 10.4. The van der Waals surface area contributed by atoms with Gasteiger partial charge in [-0.25, -0.2) is 9.59 Å². The van der Waals surface area contributed by atoms with E-state index in [0.29, 0.717) is 0 Å². The van der Waals surface area contributed by atoms with Gasteiger partial charge in [0.2, 0.25) is 0 Å². The molecule has 2 aliphatic rings. The first-order valence-corrected chi connectivity index (χ1v) is 12.8. The number of aliphatic carboxylic acids is 1. The second-order valence-electron chi connectivity index (χ2n) is 10.4. The summed E-state index contributed by atoms with van der Waals surface area (Å²) in [5.74, 6) is -1.17. The van der Waals surface area contributed by atoms with E-state index >= 15 is 0 Å². The van der Waals surface area contributed by atoms with E-state index in [1.807, 2.05) is 30.3 Å². The molecule has 2 fully saturated rings. The van der Waals surface area contributed by atoms with Crippen molar-refractivity contribution in [1.29, 1.82) is 0 Å². The molecule has 0 bridgehead atoms. The maximum absolute atomic E-state index is 11.6. The van der Waals surface area contributed by atoms with Gasteiger partial charge in [0.25, 0.3) is 0 Å². The van der Waals surface area contributed by atoms with Crippen molar-refractivity contribution in [2.45, 2.75) is 115 Å². The van der Waals surface area contributed by atoms with Gasteiger partial charge in [0.1, 0.15) is 6.61 Å². The van der Waals surface area contributed by atoms with Crippen LogP contribution >= 0.6 is 0 Å². The minimum atomic E-state index is -1.17. The number of nitrogens with one attached hydrogen (secondary N) is 2. The number of hydrogen-bond donors (Lipinski definition) is 3. The molecule has 0 unspecified atom stereocenters. The number of amides is 1. The van der Waals surface area contributed by atoms with Crippen LogP contribution in [0.5, 0.6) is 0 Å². The van der Waals surface area contributed by atoms with Gasteiger partial charge in [-0.05, 0) is 52.0 Å². The quantitative estimate of drug-likeness (QED) is 0.463. The molecule has 1 amide bonds. The minimum Gasteiger partial charge on any atom is -0.480 e. The molecule has 1 aromatic carbocycles. The summed E-state index contributed by atoms with van der Waals surface area (Å²) in [5.41, 5.74) is 0.342. The van der Waals surface area contributed by atoms with Gasteiger partial charge >= 0.3 is 12.1 Å². The summed E-state index contributed by atoms with van der Waals surface area (Å²) in [7, 11) is 0. The largest absolute Gasteiger partial charge is 0.480 e. The van der Waals surface area contributed by atoms with E-state index < -0.39 is 23.7 Å². The van der Waals surface area contributed by atoms with Crippen LogP contribution in [0.15, 0.2) is 30.3 Å². The third-order valence-corrected chi connectivity index (χ3v) is 6.17. The number of benzene rings is 1. The van der Waals surface area contributed by atoms with E-state index in [2.05, 4.69) is 10.6 Å². The van der Waals surface area contributed by atoms with Crippen LogP contribution in [0.2, 0.25) is 0 Å². The van der Waals surface area contributed by atoms with Crippen molar-refractivity contribution in [2.75, 3.05) is 6.61 Å². The molecule has 3 rings (SSSR count). The Hall–Kier alpha value is -2.12. The highest BCUT2D eigenvalue weighted by atomic mass is 16.5. The lowest BCUT2D eigenvalue weighted by Gasteiger charge is -2.30. The van der Waals surface area contributed by atoms with Gasteiger partial charge in [0, 0.05) is 12.1 Å². The third kappa shape index (κ3) is 12.4. The van der Waals surface area contributed by atoms with E-state index in [9.17, 15) is 9.59 Å². The highest BCUT2D eigenvalue weighted by molar-refractivity contribution is 5.80. The summed E-state index contributed by atoms with van der Waals surface area (Å²) >= 11 is 0. The average molecular weight is 477 g/mol. The Balaban J connectivity index is 0.000000266. The zero-order valence-electron chi connectivity index (χ0n) is 21.2. The van der Waals surface area contributed by atoms with Crippen LogP contribution in [0.25, 0.3) is 0 Å². The highest BCUT2D eigenvalue weighted by Gasteiger charge is 2.24. The van der Waals surface area contributed by atoms with Crippen LogP contribution in [0.3, 0.4) is 0 Å². The van der Waals surface area contributed by atoms with Crippen molar-refractivity contribution in [1.82, 2.24) is 10.6 Å². The number of carbonyl (C=O) groups is 2. The molecule has 7 heteroatoms. The van der Waals surface area contributed by atoms with Gasteiger partial charge in [-0.2, -0.15) is 0 Å². The van der Waals surface area contributed by atoms with E-state index in [0.717, 1.165) is 17.6 Å². The molecule has 0 radical (unpaired) electrons. The Bertz CT molecular complexity index is 691. The molecule has 0 aromatic heterocycles. The van der Waals surface area contributed by atoms with Crippen molar-refractivity contribution in [3.05, 3.63) is 35.9 Å². The maximum Gasteiger partial charge on any atom is 0.408 e. The summed E-state index contributed by atoms with van der Waals surface area (Å²) in [5, 5.41) is 15.2. The molecule has 192 valence electrons. The van der Waals surface area contributed by atoms with Gasteiger partial charge in [-0.15, -0.1) is 0 Å². The van der Waals surface area contributed by atoms with Crippen LogP contribution in [0.1, 0.15) is 90.5 Å². The van der Waals surface area contributed by atoms with Crippen LogP contribution < -0.4 is 10.6 Å². The van der Waals surface area contributed by atoms with Crippen molar-refractivity contribution in [3.63, 3.8) is 0 Å². The normalized spacial score (nSPS) is 18.3. The zero-order chi connectivity index (χ0) is 24.8. The Morgan fingerprint density at radius 1 is 0.941 bits per heavy atom. The molecular weight excluding hydrogens is 432 g/mol. The molecule has 0 heterocycles. The Kier molecular flexibility index (Phi) is 12.4. The molecule has 7 nitrogen and oxygen atoms in total. The number of alkyl carbamates (subject to hydrolysis) is 1. The third-order valence-electron chi connectivity index (χ3n) is 6.17. The minimum absolute atomic E-state index is 0.0825. The number of rotatable bonds is 8. The summed E-state index contributed by atoms with van der Waals surface area (Å²) in [6, 6.07) is 9.73. The van der Waals surface area contributed by atoms with E-state index in [-0.39, 0.29) is 13.2 Å². The fourth-order valence-electron chi connectivity index (χ4n) is 4.29. The fourth-order valence-corrected chi connectivity index (χ4v) is 4.29. The van der Waals surface area contributed by atoms with Gasteiger partial charge in [0.05, 0.1) is 12.2 Å². The molecule has 0 spiro atoms. The Labute approximate surface area is 205 Å². The predicted molar refractivity (Wildman–Crippen MR) is 134 cm³/mol. The lowest BCUT2D eigenvalue weighted by atomic mass is 9.91. The van der Waals surface area contributed by atoms with Crippen LogP contribution in [-0.2, 0) is 20.9 Å². The molecule has 1 aromatic rings. The second kappa shape index (κ2) is 15.0. The van der Waals surface area contributed by atoms with Crippen molar-refractivity contribution in [3.8, 4) is 0 Å². The summed E-state index contributed by atoms with van der Waals surface area (Å²) in [4.78, 5) is 22.7. The molecule has 0 aliphatic heterocycles. The number of ether oxygens (including phenoxy) is 2. The van der Waals surface area contributed by atoms with Gasteiger partial charge in [0.15, 0.2) is 6.04 Å². The lowest BCUT2D eigenvalue weighted by molar-refractivity contribution is -0.142. The zero-order valence-corrected chi connectivity index (χ0v) is 21.2. The van der Waals surface area contributed by atoms with E-state index in [1.165, 1.54) is 64.2 Å². The molecular formula is C27H44N2O5. The Morgan fingerprint density at radius 2 is 1.47 bits per heavy atom. The lowest BCUT2D eigenvalue weighted by Crippen LogP contribution is -2.45. The average Bonchev–Trinajstić information content (AvgIpc) is 2.82. The van der Waals surface area contributed by atoms with Gasteiger partial charge < -0.3 is 25.2 Å². The molecule has 2 aliphatic carbocycles.